The molecule has 0 saturated carbocycles. The maximum absolute atomic E-state index is 13.3. The lowest BCUT2D eigenvalue weighted by Crippen LogP contribution is -1.97. The molecule has 2 nitrogen and oxygen atoms in total. The molecular formula is C13H10BrF2NO. The van der Waals surface area contributed by atoms with E-state index in [9.17, 15) is 8.78 Å². The molecule has 0 saturated heterocycles. The van der Waals surface area contributed by atoms with Crippen LogP contribution in [0.2, 0.25) is 0 Å². The molecule has 0 spiro atoms. The van der Waals surface area contributed by atoms with E-state index in [1.54, 1.807) is 6.07 Å². The molecule has 0 radical (unpaired) electrons. The van der Waals surface area contributed by atoms with Gasteiger partial charge in [0.15, 0.2) is 0 Å². The van der Waals surface area contributed by atoms with Crippen LogP contribution >= 0.6 is 15.9 Å². The molecule has 0 aliphatic carbocycles. The first-order valence-electron chi connectivity index (χ1n) is 5.21. The molecule has 0 fully saturated rings. The van der Waals surface area contributed by atoms with E-state index < -0.39 is 5.82 Å². The molecular weight excluding hydrogens is 304 g/mol. The van der Waals surface area contributed by atoms with Crippen molar-refractivity contribution in [3.8, 4) is 11.5 Å². The van der Waals surface area contributed by atoms with Crippen molar-refractivity contribution in [2.24, 2.45) is 5.73 Å². The molecule has 2 N–H and O–H groups in total. The van der Waals surface area contributed by atoms with Crippen LogP contribution in [0.4, 0.5) is 8.78 Å². The molecule has 0 amide bonds. The van der Waals surface area contributed by atoms with Gasteiger partial charge in [0.05, 0.1) is 4.47 Å². The van der Waals surface area contributed by atoms with Gasteiger partial charge in [-0.2, -0.15) is 0 Å². The Hall–Kier alpha value is -1.46. The largest absolute Gasteiger partial charge is 0.456 e. The van der Waals surface area contributed by atoms with E-state index in [0.717, 1.165) is 0 Å². The van der Waals surface area contributed by atoms with E-state index in [1.165, 1.54) is 30.3 Å². The van der Waals surface area contributed by atoms with E-state index in [-0.39, 0.29) is 12.4 Å². The zero-order valence-corrected chi connectivity index (χ0v) is 10.9. The highest BCUT2D eigenvalue weighted by molar-refractivity contribution is 9.10. The predicted octanol–water partition coefficient (Wildman–Crippen LogP) is 3.98. The first kappa shape index (κ1) is 13.0. The minimum absolute atomic E-state index is 0.221. The van der Waals surface area contributed by atoms with Crippen molar-refractivity contribution in [1.82, 2.24) is 0 Å². The molecule has 0 aromatic heterocycles. The Kier molecular flexibility index (Phi) is 3.93. The summed E-state index contributed by atoms with van der Waals surface area (Å²) < 4.78 is 32.1. The van der Waals surface area contributed by atoms with E-state index in [1.807, 2.05) is 0 Å². The Balaban J connectivity index is 2.30. The van der Waals surface area contributed by atoms with Crippen molar-refractivity contribution in [2.75, 3.05) is 0 Å². The fraction of sp³-hybridized carbons (Fsp3) is 0.0769. The average molecular weight is 314 g/mol. The minimum Gasteiger partial charge on any atom is -0.456 e. The van der Waals surface area contributed by atoms with Crippen LogP contribution in [0.15, 0.2) is 40.9 Å². The second-order valence-corrected chi connectivity index (χ2v) is 4.53. The van der Waals surface area contributed by atoms with Crippen LogP contribution in [-0.2, 0) is 6.54 Å². The van der Waals surface area contributed by atoms with Crippen molar-refractivity contribution in [3.05, 3.63) is 58.1 Å². The first-order valence-corrected chi connectivity index (χ1v) is 6.00. The second-order valence-electron chi connectivity index (χ2n) is 3.68. The van der Waals surface area contributed by atoms with E-state index in [4.69, 9.17) is 10.5 Å². The third-order valence-electron chi connectivity index (χ3n) is 2.29. The molecule has 2 rings (SSSR count). The zero-order valence-electron chi connectivity index (χ0n) is 9.29. The number of benzene rings is 2. The van der Waals surface area contributed by atoms with Crippen molar-refractivity contribution >= 4 is 15.9 Å². The molecule has 0 unspecified atom stereocenters. The van der Waals surface area contributed by atoms with Crippen molar-refractivity contribution in [3.63, 3.8) is 0 Å². The van der Waals surface area contributed by atoms with Crippen LogP contribution in [0.3, 0.4) is 0 Å². The van der Waals surface area contributed by atoms with Crippen LogP contribution in [0, 0.1) is 11.6 Å². The van der Waals surface area contributed by atoms with E-state index in [2.05, 4.69) is 15.9 Å². The van der Waals surface area contributed by atoms with Gasteiger partial charge in [0.1, 0.15) is 23.1 Å². The van der Waals surface area contributed by atoms with Gasteiger partial charge in [0.25, 0.3) is 0 Å². The van der Waals surface area contributed by atoms with Crippen LogP contribution in [-0.4, -0.2) is 0 Å². The third kappa shape index (κ3) is 3.05. The molecule has 2 aromatic carbocycles. The first-order chi connectivity index (χ1) is 8.58. The van der Waals surface area contributed by atoms with Crippen LogP contribution in [0.1, 0.15) is 5.56 Å². The summed E-state index contributed by atoms with van der Waals surface area (Å²) >= 11 is 3.18. The number of hydrogen-bond donors (Lipinski definition) is 1. The summed E-state index contributed by atoms with van der Waals surface area (Å²) in [5.74, 6) is -0.0740. The quantitative estimate of drug-likeness (QED) is 0.930. The standard InChI is InChI=1S/C13H10BrF2NO/c14-12-6-9(15)1-2-13(12)18-11-4-8(7-17)3-10(16)5-11/h1-6H,7,17H2. The molecule has 18 heavy (non-hydrogen) atoms. The van der Waals surface area contributed by atoms with Gasteiger partial charge in [-0.15, -0.1) is 0 Å². The van der Waals surface area contributed by atoms with Crippen molar-refractivity contribution in [2.45, 2.75) is 6.54 Å². The fourth-order valence-corrected chi connectivity index (χ4v) is 1.91. The highest BCUT2D eigenvalue weighted by Gasteiger charge is 2.06. The topological polar surface area (TPSA) is 35.2 Å². The average Bonchev–Trinajstić information content (AvgIpc) is 2.32. The Morgan fingerprint density at radius 1 is 1.06 bits per heavy atom. The Morgan fingerprint density at radius 2 is 1.83 bits per heavy atom. The number of rotatable bonds is 3. The molecule has 0 aliphatic rings. The van der Waals surface area contributed by atoms with E-state index >= 15 is 0 Å². The van der Waals surface area contributed by atoms with E-state index in [0.29, 0.717) is 21.5 Å². The lowest BCUT2D eigenvalue weighted by atomic mass is 10.2. The summed E-state index contributed by atoms with van der Waals surface area (Å²) in [5, 5.41) is 0. The van der Waals surface area contributed by atoms with Crippen molar-refractivity contribution < 1.29 is 13.5 Å². The Morgan fingerprint density at radius 3 is 2.50 bits per heavy atom. The van der Waals surface area contributed by atoms with Gasteiger partial charge < -0.3 is 10.5 Å². The monoisotopic (exact) mass is 313 g/mol. The number of halogens is 3. The van der Waals surface area contributed by atoms with Crippen LogP contribution in [0.5, 0.6) is 11.5 Å². The Labute approximate surface area is 112 Å². The molecule has 0 heterocycles. The Bertz CT molecular complexity index is 575. The van der Waals surface area contributed by atoms with Gasteiger partial charge in [0.2, 0.25) is 0 Å². The van der Waals surface area contributed by atoms with Gasteiger partial charge in [-0.3, -0.25) is 0 Å². The summed E-state index contributed by atoms with van der Waals surface area (Å²) in [5.41, 5.74) is 6.08. The molecule has 0 aliphatic heterocycles. The van der Waals surface area contributed by atoms with Gasteiger partial charge in [-0.25, -0.2) is 8.78 Å². The SMILES string of the molecule is NCc1cc(F)cc(Oc2ccc(F)cc2Br)c1. The van der Waals surface area contributed by atoms with Gasteiger partial charge >= 0.3 is 0 Å². The summed E-state index contributed by atoms with van der Waals surface area (Å²) in [4.78, 5) is 0. The van der Waals surface area contributed by atoms with Gasteiger partial charge in [-0.05, 0) is 51.8 Å². The maximum Gasteiger partial charge on any atom is 0.141 e. The van der Waals surface area contributed by atoms with Crippen LogP contribution < -0.4 is 10.5 Å². The number of nitrogens with two attached hydrogens (primary N) is 1. The van der Waals surface area contributed by atoms with Gasteiger partial charge in [0, 0.05) is 12.6 Å². The number of ether oxygens (including phenoxy) is 1. The lowest BCUT2D eigenvalue weighted by molar-refractivity contribution is 0.471. The molecule has 5 heteroatoms. The molecule has 0 atom stereocenters. The fourth-order valence-electron chi connectivity index (χ4n) is 1.48. The highest BCUT2D eigenvalue weighted by Crippen LogP contribution is 2.30. The highest BCUT2D eigenvalue weighted by atomic mass is 79.9. The molecule has 0 bridgehead atoms. The zero-order chi connectivity index (χ0) is 13.1. The second kappa shape index (κ2) is 5.46. The normalized spacial score (nSPS) is 10.4. The number of hydrogen-bond acceptors (Lipinski definition) is 2. The molecule has 94 valence electrons. The van der Waals surface area contributed by atoms with Crippen molar-refractivity contribution in [1.29, 1.82) is 0 Å². The lowest BCUT2D eigenvalue weighted by Gasteiger charge is -2.09. The third-order valence-corrected chi connectivity index (χ3v) is 2.91. The summed E-state index contributed by atoms with van der Waals surface area (Å²) in [6, 6.07) is 8.23. The summed E-state index contributed by atoms with van der Waals surface area (Å²) in [7, 11) is 0. The summed E-state index contributed by atoms with van der Waals surface area (Å²) in [6.45, 7) is 0.221. The minimum atomic E-state index is -0.425. The summed E-state index contributed by atoms with van der Waals surface area (Å²) in [6.07, 6.45) is 0. The smallest absolute Gasteiger partial charge is 0.141 e. The predicted molar refractivity (Wildman–Crippen MR) is 68.5 cm³/mol. The molecule has 2 aromatic rings. The van der Waals surface area contributed by atoms with Gasteiger partial charge in [-0.1, -0.05) is 0 Å². The maximum atomic E-state index is 13.3. The van der Waals surface area contributed by atoms with Crippen LogP contribution in [0.25, 0.3) is 0 Å².